The molecule has 1 atom stereocenters. The zero-order chi connectivity index (χ0) is 12.1. The predicted octanol–water partition coefficient (Wildman–Crippen LogP) is 1.11. The number of rotatable bonds is 5. The van der Waals surface area contributed by atoms with E-state index in [1.807, 2.05) is 13.8 Å². The van der Waals surface area contributed by atoms with Crippen LogP contribution in [0.1, 0.15) is 25.4 Å². The number of nitrogens with one attached hydrogen (secondary N) is 1. The van der Waals surface area contributed by atoms with Gasteiger partial charge >= 0.3 is 0 Å². The van der Waals surface area contributed by atoms with Gasteiger partial charge < -0.3 is 5.32 Å². The van der Waals surface area contributed by atoms with Crippen molar-refractivity contribution < 1.29 is 0 Å². The maximum atomic E-state index is 11.8. The van der Waals surface area contributed by atoms with Gasteiger partial charge in [0.05, 0.1) is 0 Å². The summed E-state index contributed by atoms with van der Waals surface area (Å²) in [5.41, 5.74) is 0.839. The lowest BCUT2D eigenvalue weighted by molar-refractivity contribution is 0.434. The van der Waals surface area contributed by atoms with E-state index in [1.165, 1.54) is 0 Å². The second-order valence-corrected chi connectivity index (χ2v) is 4.31. The minimum atomic E-state index is 0.0494. The van der Waals surface area contributed by atoms with Crippen LogP contribution in [-0.2, 0) is 6.54 Å². The highest BCUT2D eigenvalue weighted by atomic mass is 16.1. The zero-order valence-electron chi connectivity index (χ0n) is 10.6. The molecular weight excluding hydrogens is 202 g/mol. The van der Waals surface area contributed by atoms with Gasteiger partial charge in [-0.3, -0.25) is 9.36 Å². The van der Waals surface area contributed by atoms with Crippen LogP contribution in [0.15, 0.2) is 10.9 Å². The summed E-state index contributed by atoms with van der Waals surface area (Å²) in [5, 5.41) is 3.28. The van der Waals surface area contributed by atoms with Crippen LogP contribution >= 0.6 is 0 Å². The van der Waals surface area contributed by atoms with E-state index in [4.69, 9.17) is 0 Å². The molecule has 16 heavy (non-hydrogen) atoms. The number of aromatic nitrogens is 2. The van der Waals surface area contributed by atoms with Crippen LogP contribution in [0.25, 0.3) is 0 Å². The van der Waals surface area contributed by atoms with E-state index in [2.05, 4.69) is 24.1 Å². The highest BCUT2D eigenvalue weighted by Crippen LogP contribution is 2.00. The van der Waals surface area contributed by atoms with Crippen molar-refractivity contribution in [2.45, 2.75) is 34.2 Å². The Morgan fingerprint density at radius 3 is 2.75 bits per heavy atom. The van der Waals surface area contributed by atoms with Crippen molar-refractivity contribution in [1.29, 1.82) is 0 Å². The van der Waals surface area contributed by atoms with Gasteiger partial charge in [-0.05, 0) is 32.9 Å². The lowest BCUT2D eigenvalue weighted by atomic mass is 10.2. The van der Waals surface area contributed by atoms with Crippen LogP contribution in [0.3, 0.4) is 0 Å². The molecule has 0 aromatic carbocycles. The summed E-state index contributed by atoms with van der Waals surface area (Å²) in [7, 11) is 0. The van der Waals surface area contributed by atoms with Gasteiger partial charge in [-0.15, -0.1) is 0 Å². The Morgan fingerprint density at radius 2 is 2.19 bits per heavy atom. The standard InChI is InChI=1S/C12H21N3O/c1-5-13-7-9(2)8-15-11(4)14-10(3)6-12(15)16/h6,9,13H,5,7-8H2,1-4H3. The van der Waals surface area contributed by atoms with E-state index in [9.17, 15) is 4.79 Å². The molecule has 0 bridgehead atoms. The summed E-state index contributed by atoms with van der Waals surface area (Å²) in [5.74, 6) is 1.23. The van der Waals surface area contributed by atoms with E-state index in [1.54, 1.807) is 10.6 Å². The smallest absolute Gasteiger partial charge is 0.253 e. The molecular formula is C12H21N3O. The summed E-state index contributed by atoms with van der Waals surface area (Å²) < 4.78 is 1.75. The molecule has 0 fully saturated rings. The molecule has 4 nitrogen and oxygen atoms in total. The van der Waals surface area contributed by atoms with Crippen LogP contribution in [-0.4, -0.2) is 22.6 Å². The third-order valence-corrected chi connectivity index (χ3v) is 2.56. The van der Waals surface area contributed by atoms with E-state index < -0.39 is 0 Å². The third kappa shape index (κ3) is 3.45. The Morgan fingerprint density at radius 1 is 1.50 bits per heavy atom. The van der Waals surface area contributed by atoms with Gasteiger partial charge in [0.2, 0.25) is 0 Å². The number of hydrogen-bond donors (Lipinski definition) is 1. The summed E-state index contributed by atoms with van der Waals surface area (Å²) in [6.07, 6.45) is 0. The average Bonchev–Trinajstić information content (AvgIpc) is 2.20. The maximum absolute atomic E-state index is 11.8. The highest BCUT2D eigenvalue weighted by Gasteiger charge is 2.07. The Bertz CT molecular complexity index is 398. The van der Waals surface area contributed by atoms with Crippen molar-refractivity contribution in [3.8, 4) is 0 Å². The molecule has 1 heterocycles. The second-order valence-electron chi connectivity index (χ2n) is 4.31. The molecule has 4 heteroatoms. The zero-order valence-corrected chi connectivity index (χ0v) is 10.6. The molecule has 1 N–H and O–H groups in total. The first-order valence-electron chi connectivity index (χ1n) is 5.80. The van der Waals surface area contributed by atoms with Gasteiger partial charge in [0.1, 0.15) is 5.82 Å². The Labute approximate surface area is 96.7 Å². The topological polar surface area (TPSA) is 46.9 Å². The van der Waals surface area contributed by atoms with Crippen LogP contribution < -0.4 is 10.9 Å². The molecule has 1 aromatic heterocycles. The average molecular weight is 223 g/mol. The molecule has 1 aromatic rings. The van der Waals surface area contributed by atoms with Gasteiger partial charge in [0, 0.05) is 18.3 Å². The Kier molecular flexibility index (Phi) is 4.68. The first-order valence-corrected chi connectivity index (χ1v) is 5.80. The van der Waals surface area contributed by atoms with E-state index >= 15 is 0 Å². The van der Waals surface area contributed by atoms with Crippen LogP contribution in [0.2, 0.25) is 0 Å². The van der Waals surface area contributed by atoms with Crippen LogP contribution in [0.4, 0.5) is 0 Å². The first kappa shape index (κ1) is 12.9. The van der Waals surface area contributed by atoms with Gasteiger partial charge in [-0.25, -0.2) is 4.98 Å². The minimum absolute atomic E-state index is 0.0494. The normalized spacial score (nSPS) is 12.8. The van der Waals surface area contributed by atoms with Crippen molar-refractivity contribution in [2.75, 3.05) is 13.1 Å². The van der Waals surface area contributed by atoms with Crippen LogP contribution in [0, 0.1) is 19.8 Å². The molecule has 1 unspecified atom stereocenters. The summed E-state index contributed by atoms with van der Waals surface area (Å²) >= 11 is 0. The molecule has 0 aliphatic heterocycles. The molecule has 0 aliphatic rings. The molecule has 0 saturated heterocycles. The largest absolute Gasteiger partial charge is 0.317 e. The Hall–Kier alpha value is -1.16. The van der Waals surface area contributed by atoms with Crippen molar-refractivity contribution in [3.63, 3.8) is 0 Å². The summed E-state index contributed by atoms with van der Waals surface area (Å²) in [4.78, 5) is 16.1. The molecule has 0 aliphatic carbocycles. The van der Waals surface area contributed by atoms with Gasteiger partial charge in [-0.1, -0.05) is 13.8 Å². The first-order chi connectivity index (χ1) is 7.54. The second kappa shape index (κ2) is 5.80. The van der Waals surface area contributed by atoms with Crippen molar-refractivity contribution in [1.82, 2.24) is 14.9 Å². The highest BCUT2D eigenvalue weighted by molar-refractivity contribution is 5.01. The lowest BCUT2D eigenvalue weighted by Gasteiger charge is -2.15. The molecule has 1 rings (SSSR count). The number of nitrogens with zero attached hydrogens (tertiary/aromatic N) is 2. The fraction of sp³-hybridized carbons (Fsp3) is 0.667. The minimum Gasteiger partial charge on any atom is -0.317 e. The predicted molar refractivity (Wildman–Crippen MR) is 65.7 cm³/mol. The van der Waals surface area contributed by atoms with Gasteiger partial charge in [-0.2, -0.15) is 0 Å². The fourth-order valence-corrected chi connectivity index (χ4v) is 1.75. The number of hydrogen-bond acceptors (Lipinski definition) is 3. The van der Waals surface area contributed by atoms with Gasteiger partial charge in [0.25, 0.3) is 5.56 Å². The Balaban J connectivity index is 2.77. The monoisotopic (exact) mass is 223 g/mol. The third-order valence-electron chi connectivity index (χ3n) is 2.56. The summed E-state index contributed by atoms with van der Waals surface area (Å²) in [6.45, 7) is 10.6. The van der Waals surface area contributed by atoms with Crippen molar-refractivity contribution in [3.05, 3.63) is 27.9 Å². The number of aryl methyl sites for hydroxylation is 2. The summed E-state index contributed by atoms with van der Waals surface area (Å²) in [6, 6.07) is 1.59. The quantitative estimate of drug-likeness (QED) is 0.813. The van der Waals surface area contributed by atoms with E-state index in [0.717, 1.165) is 31.2 Å². The van der Waals surface area contributed by atoms with Gasteiger partial charge in [0.15, 0.2) is 0 Å². The fourth-order valence-electron chi connectivity index (χ4n) is 1.75. The maximum Gasteiger partial charge on any atom is 0.253 e. The molecule has 0 radical (unpaired) electrons. The molecule has 0 saturated carbocycles. The lowest BCUT2D eigenvalue weighted by Crippen LogP contribution is -2.30. The van der Waals surface area contributed by atoms with E-state index in [0.29, 0.717) is 5.92 Å². The van der Waals surface area contributed by atoms with E-state index in [-0.39, 0.29) is 5.56 Å². The van der Waals surface area contributed by atoms with Crippen LogP contribution in [0.5, 0.6) is 0 Å². The molecule has 90 valence electrons. The SMILES string of the molecule is CCNCC(C)Cn1c(C)nc(C)cc1=O. The molecule has 0 amide bonds. The van der Waals surface area contributed by atoms with Crippen molar-refractivity contribution in [2.24, 2.45) is 5.92 Å². The van der Waals surface area contributed by atoms with Crippen molar-refractivity contribution >= 4 is 0 Å². The molecule has 0 spiro atoms.